The van der Waals surface area contributed by atoms with Crippen molar-refractivity contribution in [3.63, 3.8) is 0 Å². The van der Waals surface area contributed by atoms with Crippen LogP contribution in [-0.4, -0.2) is 103 Å². The summed E-state index contributed by atoms with van der Waals surface area (Å²) in [6.45, 7) is 7.99. The number of hydrogen-bond donors (Lipinski definition) is 1. The molecule has 4 aromatic carbocycles. The summed E-state index contributed by atoms with van der Waals surface area (Å²) in [6, 6.07) is 20.0. The Bertz CT molecular complexity index is 2800. The lowest BCUT2D eigenvalue weighted by Gasteiger charge is -2.37. The van der Waals surface area contributed by atoms with Gasteiger partial charge in [-0.1, -0.05) is 62.2 Å². The number of ether oxygens (including phenoxy) is 5. The number of rotatable bonds is 25. The summed E-state index contributed by atoms with van der Waals surface area (Å²) in [6.07, 6.45) is 6.10. The molecule has 0 aliphatic carbocycles. The van der Waals surface area contributed by atoms with E-state index in [1.54, 1.807) is 31.3 Å². The molecule has 3 aliphatic rings. The first-order valence-electron chi connectivity index (χ1n) is 26.1. The predicted molar refractivity (Wildman–Crippen MR) is 278 cm³/mol. The Morgan fingerprint density at radius 1 is 0.720 bits per heavy atom. The molecule has 0 radical (unpaired) electrons. The Balaban J connectivity index is 0.900. The van der Waals surface area contributed by atoms with E-state index in [1.165, 1.54) is 29.3 Å². The molecule has 75 heavy (non-hydrogen) atoms. The maximum Gasteiger partial charge on any atom is 0.329 e. The zero-order valence-electron chi connectivity index (χ0n) is 44.0. The Morgan fingerprint density at radius 2 is 1.45 bits per heavy atom. The van der Waals surface area contributed by atoms with E-state index in [0.29, 0.717) is 80.7 Å². The minimum absolute atomic E-state index is 0.000347. The second-order valence-corrected chi connectivity index (χ2v) is 19.7. The van der Waals surface area contributed by atoms with Gasteiger partial charge < -0.3 is 28.6 Å². The molecule has 16 nitrogen and oxygen atoms in total. The number of amides is 5. The van der Waals surface area contributed by atoms with Crippen LogP contribution in [0.1, 0.15) is 157 Å². The zero-order valence-corrected chi connectivity index (χ0v) is 44.0. The lowest BCUT2D eigenvalue weighted by molar-refractivity contribution is -0.162. The van der Waals surface area contributed by atoms with Crippen molar-refractivity contribution in [2.75, 3.05) is 34.0 Å². The summed E-state index contributed by atoms with van der Waals surface area (Å²) in [5, 5.41) is 2.17. The van der Waals surface area contributed by atoms with E-state index in [2.05, 4.69) is 37.4 Å². The molecule has 16 heteroatoms. The van der Waals surface area contributed by atoms with Gasteiger partial charge in [0.2, 0.25) is 17.7 Å². The summed E-state index contributed by atoms with van der Waals surface area (Å²) >= 11 is 0. The van der Waals surface area contributed by atoms with Gasteiger partial charge in [-0.05, 0) is 142 Å². The SMILES string of the molecule is CC[C@H](C(=O)N1CCCC[C@H]1C(=O)O[C@H](CCc1ccc(C)c(C)c1)c1cccc(OCC(=O)CCCCCCC(=O)COc2cccc3c2C(=O)N(C2CCC(=O)NC2=O)C3=O)c1)c1cc(C)c(OC)c(OC)c1. The lowest BCUT2D eigenvalue weighted by atomic mass is 9.91. The Kier molecular flexibility index (Phi) is 19.0. The average Bonchev–Trinajstić information content (AvgIpc) is 3.66. The third kappa shape index (κ3) is 13.5. The fourth-order valence-corrected chi connectivity index (χ4v) is 10.2. The lowest BCUT2D eigenvalue weighted by Crippen LogP contribution is -2.54. The summed E-state index contributed by atoms with van der Waals surface area (Å²) in [4.78, 5) is 108. The Labute approximate surface area is 438 Å². The first-order valence-corrected chi connectivity index (χ1v) is 26.1. The highest BCUT2D eigenvalue weighted by Gasteiger charge is 2.46. The molecule has 4 aromatic rings. The Morgan fingerprint density at radius 3 is 2.15 bits per heavy atom. The van der Waals surface area contributed by atoms with Crippen LogP contribution in [-0.2, 0) is 39.9 Å². The van der Waals surface area contributed by atoms with Gasteiger partial charge >= 0.3 is 5.97 Å². The van der Waals surface area contributed by atoms with E-state index in [1.807, 2.05) is 38.1 Å². The molecule has 4 atom stereocenters. The van der Waals surface area contributed by atoms with Gasteiger partial charge in [-0.25, -0.2) is 4.79 Å². The molecule has 0 saturated carbocycles. The molecule has 0 aromatic heterocycles. The third-order valence-electron chi connectivity index (χ3n) is 14.5. The number of nitrogens with one attached hydrogen (secondary N) is 1. The second kappa shape index (κ2) is 25.7. The van der Waals surface area contributed by atoms with Gasteiger partial charge in [0.1, 0.15) is 42.9 Å². The number of ketones is 2. The number of aryl methyl sites for hydroxylation is 4. The molecule has 0 spiro atoms. The fourth-order valence-electron chi connectivity index (χ4n) is 10.2. The van der Waals surface area contributed by atoms with Gasteiger partial charge in [0.25, 0.3) is 11.8 Å². The van der Waals surface area contributed by atoms with Crippen molar-refractivity contribution in [3.05, 3.63) is 117 Å². The molecule has 2 saturated heterocycles. The standard InChI is InChI=1S/C59H69N3O13/c1-7-45(41-31-38(4)54(72-6)51(33-41)71-5)56(67)61-29-13-12-21-48(61)59(70)75-49(27-25-39-24-23-36(2)37(3)30-39)40-16-14-19-44(32-40)73-34-42(63)17-10-8-9-11-18-43(64)35-74-50-22-15-20-46-53(50)58(69)62(57(46)68)47-26-28-52(65)60-55(47)66/h14-16,19-20,22-24,30-33,45,47-49H,7-13,17-18,21,25-29,34-35H2,1-6H3,(H,60,65,66)/t45-,47?,48-,49+/m0/s1. The molecule has 0 bridgehead atoms. The highest BCUT2D eigenvalue weighted by Crippen LogP contribution is 2.38. The number of methoxy groups -OCH3 is 2. The van der Waals surface area contributed by atoms with Crippen molar-refractivity contribution < 1.29 is 62.0 Å². The molecule has 1 N–H and O–H groups in total. The number of nitrogens with zero attached hydrogens (tertiary/aromatic N) is 2. The number of hydrogen-bond acceptors (Lipinski definition) is 13. The minimum atomic E-state index is -1.11. The van der Waals surface area contributed by atoms with E-state index in [4.69, 9.17) is 23.7 Å². The molecule has 3 heterocycles. The molecule has 5 amide bonds. The van der Waals surface area contributed by atoms with Crippen LogP contribution in [0.25, 0.3) is 0 Å². The monoisotopic (exact) mass is 1030 g/mol. The average molecular weight is 1030 g/mol. The van der Waals surface area contributed by atoms with Crippen molar-refractivity contribution in [2.24, 2.45) is 0 Å². The van der Waals surface area contributed by atoms with Crippen LogP contribution in [0.2, 0.25) is 0 Å². The van der Waals surface area contributed by atoms with Crippen LogP contribution < -0.4 is 24.3 Å². The number of esters is 1. The van der Waals surface area contributed by atoms with Crippen LogP contribution in [0, 0.1) is 20.8 Å². The molecule has 3 aliphatic heterocycles. The maximum atomic E-state index is 14.5. The first-order chi connectivity index (χ1) is 36.1. The number of carbonyl (C=O) groups is 8. The number of carbonyl (C=O) groups excluding carboxylic acids is 8. The molecular formula is C59H69N3O13. The summed E-state index contributed by atoms with van der Waals surface area (Å²) in [5.41, 5.74) is 5.87. The Hall–Kier alpha value is -7.36. The summed E-state index contributed by atoms with van der Waals surface area (Å²) in [7, 11) is 3.15. The van der Waals surface area contributed by atoms with Gasteiger partial charge in [-0.2, -0.15) is 0 Å². The van der Waals surface area contributed by atoms with Crippen molar-refractivity contribution in [3.8, 4) is 23.0 Å². The number of benzene rings is 4. The van der Waals surface area contributed by atoms with Crippen LogP contribution in [0.3, 0.4) is 0 Å². The molecule has 1 unspecified atom stereocenters. The second-order valence-electron chi connectivity index (χ2n) is 19.7. The fraction of sp³-hybridized carbons (Fsp3) is 0.458. The number of piperidine rings is 2. The van der Waals surface area contributed by atoms with Crippen LogP contribution >= 0.6 is 0 Å². The topological polar surface area (TPSA) is 201 Å². The van der Waals surface area contributed by atoms with Crippen LogP contribution in [0.15, 0.2) is 72.8 Å². The van der Waals surface area contributed by atoms with E-state index >= 15 is 0 Å². The zero-order chi connectivity index (χ0) is 53.8. The van der Waals surface area contributed by atoms with Crippen molar-refractivity contribution in [2.45, 2.75) is 142 Å². The van der Waals surface area contributed by atoms with Gasteiger partial charge in [0, 0.05) is 25.8 Å². The predicted octanol–water partition coefficient (Wildman–Crippen LogP) is 8.76. The van der Waals surface area contributed by atoms with E-state index < -0.39 is 53.7 Å². The van der Waals surface area contributed by atoms with Gasteiger partial charge in [-0.15, -0.1) is 0 Å². The van der Waals surface area contributed by atoms with Gasteiger partial charge in [0.15, 0.2) is 23.1 Å². The van der Waals surface area contributed by atoms with E-state index in [9.17, 15) is 38.4 Å². The number of likely N-dealkylation sites (tertiary alicyclic amines) is 1. The van der Waals surface area contributed by atoms with Gasteiger partial charge in [0.05, 0.1) is 31.3 Å². The number of imide groups is 2. The third-order valence-corrected chi connectivity index (χ3v) is 14.5. The minimum Gasteiger partial charge on any atom is -0.493 e. The van der Waals surface area contributed by atoms with Crippen LogP contribution in [0.4, 0.5) is 0 Å². The number of fused-ring (bicyclic) bond motifs is 1. The van der Waals surface area contributed by atoms with Crippen molar-refractivity contribution in [1.29, 1.82) is 0 Å². The first kappa shape index (κ1) is 55.4. The van der Waals surface area contributed by atoms with E-state index in [0.717, 1.165) is 34.4 Å². The summed E-state index contributed by atoms with van der Waals surface area (Å²) in [5.74, 6) is -2.26. The molecule has 2 fully saturated rings. The highest BCUT2D eigenvalue weighted by molar-refractivity contribution is 6.24. The van der Waals surface area contributed by atoms with E-state index in [-0.39, 0.29) is 73.2 Å². The largest absolute Gasteiger partial charge is 0.493 e. The van der Waals surface area contributed by atoms with Crippen LogP contribution in [0.5, 0.6) is 23.0 Å². The van der Waals surface area contributed by atoms with Crippen molar-refractivity contribution >= 4 is 47.1 Å². The van der Waals surface area contributed by atoms with Crippen molar-refractivity contribution in [1.82, 2.24) is 15.1 Å². The smallest absolute Gasteiger partial charge is 0.329 e. The quantitative estimate of drug-likeness (QED) is 0.0376. The molecule has 7 rings (SSSR count). The number of Topliss-reactive ketones (excluding diaryl/α,β-unsaturated/α-hetero) is 2. The highest BCUT2D eigenvalue weighted by atomic mass is 16.5. The maximum absolute atomic E-state index is 14.5. The molecular weight excluding hydrogens is 959 g/mol. The summed E-state index contributed by atoms with van der Waals surface area (Å²) < 4.78 is 29.3. The normalized spacial score (nSPS) is 17.2. The number of unbranched alkanes of at least 4 members (excludes halogenated alkanes) is 3. The van der Waals surface area contributed by atoms with Gasteiger partial charge in [-0.3, -0.25) is 43.8 Å². The molecule has 398 valence electrons.